The number of nitrogens with two attached hydrogens (primary N) is 1. The number of nitrogens with zero attached hydrogens (tertiary/aromatic N) is 1. The van der Waals surface area contributed by atoms with E-state index in [0.29, 0.717) is 19.1 Å². The molecule has 1 unspecified atom stereocenters. The van der Waals surface area contributed by atoms with Crippen LogP contribution in [-0.4, -0.2) is 24.6 Å². The molecule has 1 aliphatic rings. The third kappa shape index (κ3) is 5.39. The van der Waals surface area contributed by atoms with Crippen LogP contribution in [0.1, 0.15) is 37.4 Å². The number of hydrogen-bond acceptors (Lipinski definition) is 3. The minimum atomic E-state index is -0.217. The normalized spacial score (nSPS) is 16.1. The van der Waals surface area contributed by atoms with Gasteiger partial charge in [0.05, 0.1) is 19.2 Å². The molecule has 0 aromatic heterocycles. The Bertz CT molecular complexity index is 833. The zero-order valence-corrected chi connectivity index (χ0v) is 16.2. The largest absolute Gasteiger partial charge is 0.493 e. The second-order valence-corrected chi connectivity index (χ2v) is 7.02. The molecule has 148 valence electrons. The molecule has 0 saturated carbocycles. The van der Waals surface area contributed by atoms with Crippen molar-refractivity contribution in [1.29, 1.82) is 0 Å². The standard InChI is InChI=1S/C21H27N5O2/c1-14(2)24-21(27)25-16-9-7-15(8-10-16)13-23-20(22)26-18-11-12-28-19-6-4-3-5-17(18)19/h3-10,14,18H,11-13H2,1-2H3,(H3,22,23,26)(H2,24,25,27). The van der Waals surface area contributed by atoms with Gasteiger partial charge in [0.15, 0.2) is 5.96 Å². The number of guanidine groups is 1. The van der Waals surface area contributed by atoms with E-state index in [1.807, 2.05) is 62.4 Å². The van der Waals surface area contributed by atoms with Gasteiger partial charge in [-0.25, -0.2) is 9.79 Å². The number of nitrogens with one attached hydrogen (secondary N) is 3. The van der Waals surface area contributed by atoms with Crippen LogP contribution in [0.3, 0.4) is 0 Å². The predicted molar refractivity (Wildman–Crippen MR) is 111 cm³/mol. The maximum absolute atomic E-state index is 11.7. The molecule has 1 aliphatic heterocycles. The van der Waals surface area contributed by atoms with E-state index >= 15 is 0 Å². The van der Waals surface area contributed by atoms with Crippen LogP contribution in [0.15, 0.2) is 53.5 Å². The first-order chi connectivity index (χ1) is 13.5. The second kappa shape index (κ2) is 9.12. The fourth-order valence-electron chi connectivity index (χ4n) is 3.02. The van der Waals surface area contributed by atoms with Gasteiger partial charge in [-0.15, -0.1) is 0 Å². The van der Waals surface area contributed by atoms with Crippen molar-refractivity contribution in [3.05, 3.63) is 59.7 Å². The van der Waals surface area contributed by atoms with Gasteiger partial charge in [-0.1, -0.05) is 30.3 Å². The van der Waals surface area contributed by atoms with Gasteiger partial charge >= 0.3 is 6.03 Å². The molecule has 0 aliphatic carbocycles. The number of anilines is 1. The average molecular weight is 381 g/mol. The van der Waals surface area contributed by atoms with E-state index in [2.05, 4.69) is 20.9 Å². The van der Waals surface area contributed by atoms with Crippen molar-refractivity contribution >= 4 is 17.7 Å². The number of aliphatic imine (C=N–C) groups is 1. The molecule has 0 fully saturated rings. The highest BCUT2D eigenvalue weighted by atomic mass is 16.5. The maximum atomic E-state index is 11.7. The van der Waals surface area contributed by atoms with Crippen molar-refractivity contribution in [2.24, 2.45) is 10.7 Å². The molecule has 7 heteroatoms. The molecule has 1 heterocycles. The first kappa shape index (κ1) is 19.5. The Balaban J connectivity index is 1.54. The lowest BCUT2D eigenvalue weighted by Gasteiger charge is -2.26. The molecule has 2 aromatic rings. The zero-order valence-electron chi connectivity index (χ0n) is 16.2. The lowest BCUT2D eigenvalue weighted by atomic mass is 10.0. The minimum Gasteiger partial charge on any atom is -0.493 e. The number of carbonyl (C=O) groups is 1. The van der Waals surface area contributed by atoms with Crippen molar-refractivity contribution in [2.45, 2.75) is 38.9 Å². The Morgan fingerprint density at radius 2 is 1.96 bits per heavy atom. The van der Waals surface area contributed by atoms with E-state index in [0.717, 1.165) is 29.0 Å². The van der Waals surface area contributed by atoms with Gasteiger partial charge in [0, 0.05) is 23.7 Å². The highest BCUT2D eigenvalue weighted by molar-refractivity contribution is 5.89. The number of urea groups is 1. The Labute approximate surface area is 165 Å². The van der Waals surface area contributed by atoms with Gasteiger partial charge in [0.2, 0.25) is 0 Å². The summed E-state index contributed by atoms with van der Waals surface area (Å²) in [7, 11) is 0. The maximum Gasteiger partial charge on any atom is 0.319 e. The third-order valence-electron chi connectivity index (χ3n) is 4.34. The minimum absolute atomic E-state index is 0.0896. The first-order valence-electron chi connectivity index (χ1n) is 9.46. The zero-order chi connectivity index (χ0) is 19.9. The number of carbonyl (C=O) groups excluding carboxylic acids is 1. The molecule has 0 saturated heterocycles. The van der Waals surface area contributed by atoms with Gasteiger partial charge in [-0.05, 0) is 37.6 Å². The van der Waals surface area contributed by atoms with Gasteiger partial charge < -0.3 is 26.4 Å². The summed E-state index contributed by atoms with van der Waals surface area (Å²) in [4.78, 5) is 16.2. The number of fused-ring (bicyclic) bond motifs is 1. The van der Waals surface area contributed by atoms with Crippen molar-refractivity contribution in [2.75, 3.05) is 11.9 Å². The smallest absolute Gasteiger partial charge is 0.319 e. The van der Waals surface area contributed by atoms with Crippen molar-refractivity contribution in [1.82, 2.24) is 10.6 Å². The SMILES string of the molecule is CC(C)NC(=O)Nc1ccc(CN=C(N)NC2CCOc3ccccc32)cc1. The summed E-state index contributed by atoms with van der Waals surface area (Å²) in [6.45, 7) is 4.94. The number of para-hydroxylation sites is 1. The number of ether oxygens (including phenoxy) is 1. The van der Waals surface area contributed by atoms with Crippen LogP contribution in [0.4, 0.5) is 10.5 Å². The Morgan fingerprint density at radius 1 is 1.21 bits per heavy atom. The highest BCUT2D eigenvalue weighted by Gasteiger charge is 2.21. The fourth-order valence-corrected chi connectivity index (χ4v) is 3.02. The van der Waals surface area contributed by atoms with Crippen molar-refractivity contribution in [3.8, 4) is 5.75 Å². The molecule has 1 atom stereocenters. The second-order valence-electron chi connectivity index (χ2n) is 7.02. The molecular formula is C21H27N5O2. The Kier molecular flexibility index (Phi) is 6.37. The van der Waals surface area contributed by atoms with E-state index < -0.39 is 0 Å². The molecule has 7 nitrogen and oxygen atoms in total. The molecule has 0 radical (unpaired) electrons. The van der Waals surface area contributed by atoms with Crippen LogP contribution in [0, 0.1) is 0 Å². The molecule has 28 heavy (non-hydrogen) atoms. The Hall–Kier alpha value is -3.22. The summed E-state index contributed by atoms with van der Waals surface area (Å²) in [6, 6.07) is 15.5. The lowest BCUT2D eigenvalue weighted by molar-refractivity contribution is 0.250. The lowest BCUT2D eigenvalue weighted by Crippen LogP contribution is -2.37. The molecule has 2 amide bonds. The van der Waals surface area contributed by atoms with Crippen LogP contribution in [0.5, 0.6) is 5.75 Å². The van der Waals surface area contributed by atoms with E-state index in [1.165, 1.54) is 0 Å². The summed E-state index contributed by atoms with van der Waals surface area (Å²) in [5, 5.41) is 8.86. The van der Waals surface area contributed by atoms with Crippen LogP contribution in [0.25, 0.3) is 0 Å². The molecule has 3 rings (SSSR count). The Morgan fingerprint density at radius 3 is 2.71 bits per heavy atom. The summed E-state index contributed by atoms with van der Waals surface area (Å²) < 4.78 is 5.67. The summed E-state index contributed by atoms with van der Waals surface area (Å²) in [5.74, 6) is 1.30. The molecule has 2 aromatic carbocycles. The molecule has 5 N–H and O–H groups in total. The average Bonchev–Trinajstić information content (AvgIpc) is 2.67. The molecule has 0 bridgehead atoms. The van der Waals surface area contributed by atoms with Crippen LogP contribution in [0.2, 0.25) is 0 Å². The summed E-state index contributed by atoms with van der Waals surface area (Å²) in [5.41, 5.74) is 8.92. The monoisotopic (exact) mass is 381 g/mol. The number of benzene rings is 2. The molecule has 0 spiro atoms. The van der Waals surface area contributed by atoms with E-state index in [1.54, 1.807) is 0 Å². The van der Waals surface area contributed by atoms with Crippen LogP contribution in [-0.2, 0) is 6.54 Å². The number of amides is 2. The van der Waals surface area contributed by atoms with Crippen LogP contribution >= 0.6 is 0 Å². The van der Waals surface area contributed by atoms with Crippen molar-refractivity contribution in [3.63, 3.8) is 0 Å². The highest BCUT2D eigenvalue weighted by Crippen LogP contribution is 2.31. The van der Waals surface area contributed by atoms with Gasteiger partial charge in [0.1, 0.15) is 5.75 Å². The van der Waals surface area contributed by atoms with Crippen LogP contribution < -0.4 is 26.4 Å². The van der Waals surface area contributed by atoms with Gasteiger partial charge in [0.25, 0.3) is 0 Å². The van der Waals surface area contributed by atoms with E-state index in [4.69, 9.17) is 10.5 Å². The van der Waals surface area contributed by atoms with Crippen molar-refractivity contribution < 1.29 is 9.53 Å². The fraction of sp³-hybridized carbons (Fsp3) is 0.333. The number of hydrogen-bond donors (Lipinski definition) is 4. The third-order valence-corrected chi connectivity index (χ3v) is 4.34. The number of rotatable bonds is 5. The van der Waals surface area contributed by atoms with E-state index in [-0.39, 0.29) is 18.1 Å². The topological polar surface area (TPSA) is 101 Å². The predicted octanol–water partition coefficient (Wildman–Crippen LogP) is 3.14. The summed E-state index contributed by atoms with van der Waals surface area (Å²) in [6.07, 6.45) is 0.839. The molecular weight excluding hydrogens is 354 g/mol. The quantitative estimate of drug-likeness (QED) is 0.472. The van der Waals surface area contributed by atoms with E-state index in [9.17, 15) is 4.79 Å². The summed E-state index contributed by atoms with van der Waals surface area (Å²) >= 11 is 0. The van der Waals surface area contributed by atoms with Gasteiger partial charge in [-0.3, -0.25) is 0 Å². The first-order valence-corrected chi connectivity index (χ1v) is 9.46. The van der Waals surface area contributed by atoms with Gasteiger partial charge in [-0.2, -0.15) is 0 Å².